The maximum atomic E-state index is 10.9. The van der Waals surface area contributed by atoms with E-state index in [0.717, 1.165) is 32.1 Å². The second-order valence-corrected chi connectivity index (χ2v) is 6.38. The Kier molecular flexibility index (Phi) is 11.9. The van der Waals surface area contributed by atoms with Gasteiger partial charge in [0.2, 0.25) is 5.91 Å². The molecular weight excluding hydrogens is 286 g/mol. The van der Waals surface area contributed by atoms with E-state index in [-0.39, 0.29) is 11.7 Å². The fourth-order valence-corrected chi connectivity index (χ4v) is 2.15. The van der Waals surface area contributed by atoms with E-state index in [4.69, 9.17) is 0 Å². The molecule has 130 valence electrons. The van der Waals surface area contributed by atoms with Crippen molar-refractivity contribution in [3.8, 4) is 0 Å². The van der Waals surface area contributed by atoms with E-state index < -0.39 is 0 Å². The van der Waals surface area contributed by atoms with E-state index >= 15 is 0 Å². The van der Waals surface area contributed by atoms with Crippen molar-refractivity contribution in [2.45, 2.75) is 73.1 Å². The minimum atomic E-state index is 0.0144. The molecule has 0 spiro atoms. The first-order valence-electron chi connectivity index (χ1n) is 8.52. The second-order valence-electron chi connectivity index (χ2n) is 6.38. The van der Waals surface area contributed by atoms with Crippen molar-refractivity contribution in [2.75, 3.05) is 6.54 Å². The number of ketones is 1. The minimum absolute atomic E-state index is 0.0144. The average molecular weight is 319 g/mol. The van der Waals surface area contributed by atoms with Crippen LogP contribution in [0.3, 0.4) is 0 Å². The van der Waals surface area contributed by atoms with Crippen LogP contribution < -0.4 is 5.32 Å². The molecule has 1 amide bonds. The number of Topliss-reactive ketones (excluding diaryl/α,β-unsaturated/α-hetero) is 1. The Hall–Kier alpha value is -1.64. The molecule has 0 radical (unpaired) electrons. The lowest BCUT2D eigenvalue weighted by atomic mass is 10.1. The third-order valence-corrected chi connectivity index (χ3v) is 3.67. The molecule has 0 atom stereocenters. The molecule has 0 fully saturated rings. The van der Waals surface area contributed by atoms with Gasteiger partial charge in [0.25, 0.3) is 0 Å². The molecule has 3 heteroatoms. The highest BCUT2D eigenvalue weighted by Crippen LogP contribution is 2.12. The van der Waals surface area contributed by atoms with Crippen molar-refractivity contribution in [3.63, 3.8) is 0 Å². The summed E-state index contributed by atoms with van der Waals surface area (Å²) in [5, 5.41) is 2.80. The fourth-order valence-electron chi connectivity index (χ4n) is 2.15. The summed E-state index contributed by atoms with van der Waals surface area (Å²) in [4.78, 5) is 21.7. The average Bonchev–Trinajstić information content (AvgIpc) is 2.44. The van der Waals surface area contributed by atoms with E-state index in [1.807, 2.05) is 6.92 Å². The lowest BCUT2D eigenvalue weighted by molar-refractivity contribution is -0.119. The largest absolute Gasteiger partial charge is 0.353 e. The van der Waals surface area contributed by atoms with Gasteiger partial charge in [-0.2, -0.15) is 0 Å². The van der Waals surface area contributed by atoms with Gasteiger partial charge < -0.3 is 10.1 Å². The Bertz CT molecular complexity index is 470. The number of nitrogens with one attached hydrogen (secondary N) is 1. The molecule has 0 saturated carbocycles. The van der Waals surface area contributed by atoms with Gasteiger partial charge in [0, 0.05) is 19.9 Å². The van der Waals surface area contributed by atoms with Gasteiger partial charge in [-0.15, -0.1) is 0 Å². The van der Waals surface area contributed by atoms with Crippen LogP contribution in [-0.4, -0.2) is 18.2 Å². The predicted molar refractivity (Wildman–Crippen MR) is 98.3 cm³/mol. The van der Waals surface area contributed by atoms with Crippen LogP contribution in [0.25, 0.3) is 0 Å². The number of rotatable bonds is 11. The smallest absolute Gasteiger partial charge is 0.217 e. The van der Waals surface area contributed by atoms with Crippen LogP contribution in [0.5, 0.6) is 0 Å². The number of carbonyl (C=O) groups is 2. The topological polar surface area (TPSA) is 46.2 Å². The van der Waals surface area contributed by atoms with Crippen LogP contribution in [0.4, 0.5) is 0 Å². The number of hydrogen-bond acceptors (Lipinski definition) is 2. The van der Waals surface area contributed by atoms with Gasteiger partial charge in [-0.1, -0.05) is 34.9 Å². The normalized spacial score (nSPS) is 13.2. The summed E-state index contributed by atoms with van der Waals surface area (Å²) in [7, 11) is 0. The zero-order valence-corrected chi connectivity index (χ0v) is 15.5. The summed E-state index contributed by atoms with van der Waals surface area (Å²) in [5.74, 6) is 0.271. The summed E-state index contributed by atoms with van der Waals surface area (Å²) in [6.07, 6.45) is 12.4. The van der Waals surface area contributed by atoms with Crippen molar-refractivity contribution >= 4 is 11.7 Å². The van der Waals surface area contributed by atoms with Crippen LogP contribution in [0.15, 0.2) is 34.9 Å². The molecule has 0 rings (SSSR count). The van der Waals surface area contributed by atoms with Crippen molar-refractivity contribution < 1.29 is 9.59 Å². The summed E-state index contributed by atoms with van der Waals surface area (Å²) >= 11 is 0. The highest BCUT2D eigenvalue weighted by atomic mass is 16.1. The van der Waals surface area contributed by atoms with E-state index in [2.05, 4.69) is 37.4 Å². The highest BCUT2D eigenvalue weighted by Gasteiger charge is 1.95. The number of carbonyl (C=O) groups excluding carboxylic acids is 2. The summed E-state index contributed by atoms with van der Waals surface area (Å²) < 4.78 is 0. The summed E-state index contributed by atoms with van der Waals surface area (Å²) in [5.41, 5.74) is 3.98. The zero-order valence-electron chi connectivity index (χ0n) is 15.5. The minimum Gasteiger partial charge on any atom is -0.353 e. The molecule has 0 aromatic rings. The first kappa shape index (κ1) is 21.4. The molecule has 0 aromatic heterocycles. The van der Waals surface area contributed by atoms with Gasteiger partial charge in [-0.05, 0) is 59.8 Å². The fraction of sp³-hybridized carbons (Fsp3) is 0.600. The number of hydrogen-bond donors (Lipinski definition) is 1. The number of amides is 1. The zero-order chi connectivity index (χ0) is 17.7. The van der Waals surface area contributed by atoms with Crippen molar-refractivity contribution in [2.24, 2.45) is 0 Å². The molecule has 0 aliphatic heterocycles. The summed E-state index contributed by atoms with van der Waals surface area (Å²) in [6, 6.07) is 0. The lowest BCUT2D eigenvalue weighted by Crippen LogP contribution is -2.21. The van der Waals surface area contributed by atoms with Gasteiger partial charge >= 0.3 is 0 Å². The predicted octanol–water partition coefficient (Wildman–Crippen LogP) is 4.89. The van der Waals surface area contributed by atoms with Gasteiger partial charge in [-0.3, -0.25) is 4.79 Å². The molecule has 0 aromatic carbocycles. The van der Waals surface area contributed by atoms with E-state index in [1.165, 1.54) is 23.6 Å². The van der Waals surface area contributed by atoms with Gasteiger partial charge in [0.05, 0.1) is 0 Å². The maximum Gasteiger partial charge on any atom is 0.217 e. The van der Waals surface area contributed by atoms with Crippen LogP contribution >= 0.6 is 0 Å². The SMILES string of the molecule is CC(=O)CC/C=C(\C)CC/C=C(\C)CC/C=C(\C)CNC(C)=O. The standard InChI is InChI=1S/C20H33NO2/c1-16(11-7-13-18(3)15-21-20(5)23)9-6-10-17(2)12-8-14-19(4)22/h9,12-13H,6-8,10-11,14-15H2,1-5H3,(H,21,23)/b16-9+,17-12+,18-13+. The molecular formula is C20H33NO2. The van der Waals surface area contributed by atoms with Crippen molar-refractivity contribution in [1.29, 1.82) is 0 Å². The van der Waals surface area contributed by atoms with E-state index in [1.54, 1.807) is 6.92 Å². The maximum absolute atomic E-state index is 10.9. The van der Waals surface area contributed by atoms with Crippen LogP contribution in [0, 0.1) is 0 Å². The van der Waals surface area contributed by atoms with Gasteiger partial charge in [-0.25, -0.2) is 0 Å². The Labute approximate surface area is 141 Å². The summed E-state index contributed by atoms with van der Waals surface area (Å²) in [6.45, 7) is 10.2. The molecule has 0 bridgehead atoms. The molecule has 0 heterocycles. The van der Waals surface area contributed by atoms with Crippen molar-refractivity contribution in [1.82, 2.24) is 5.32 Å². The van der Waals surface area contributed by atoms with E-state index in [9.17, 15) is 9.59 Å². The molecule has 1 N–H and O–H groups in total. The lowest BCUT2D eigenvalue weighted by Gasteiger charge is -2.03. The Morgan fingerprint density at radius 3 is 1.57 bits per heavy atom. The molecule has 23 heavy (non-hydrogen) atoms. The molecule has 0 aliphatic rings. The third-order valence-electron chi connectivity index (χ3n) is 3.67. The molecule has 0 saturated heterocycles. The monoisotopic (exact) mass is 319 g/mol. The van der Waals surface area contributed by atoms with Crippen molar-refractivity contribution in [3.05, 3.63) is 34.9 Å². The molecule has 0 unspecified atom stereocenters. The van der Waals surface area contributed by atoms with Gasteiger partial charge in [0.15, 0.2) is 0 Å². The third kappa shape index (κ3) is 15.0. The van der Waals surface area contributed by atoms with Gasteiger partial charge in [0.1, 0.15) is 5.78 Å². The first-order chi connectivity index (χ1) is 10.8. The Morgan fingerprint density at radius 2 is 1.13 bits per heavy atom. The Balaban J connectivity index is 3.96. The quantitative estimate of drug-likeness (QED) is 0.551. The second kappa shape index (κ2) is 12.9. The van der Waals surface area contributed by atoms with Crippen LogP contribution in [0.1, 0.15) is 73.1 Å². The Morgan fingerprint density at radius 1 is 0.696 bits per heavy atom. The first-order valence-corrected chi connectivity index (χ1v) is 8.52. The number of allylic oxidation sites excluding steroid dienone is 5. The van der Waals surface area contributed by atoms with E-state index in [0.29, 0.717) is 13.0 Å². The van der Waals surface area contributed by atoms with Crippen LogP contribution in [-0.2, 0) is 9.59 Å². The van der Waals surface area contributed by atoms with Crippen LogP contribution in [0.2, 0.25) is 0 Å². The molecule has 0 aliphatic carbocycles. The molecule has 3 nitrogen and oxygen atoms in total. The highest BCUT2D eigenvalue weighted by molar-refractivity contribution is 5.75.